The largest absolute Gasteiger partial charge is 0.481 e. The molecule has 0 aliphatic carbocycles. The molecule has 0 saturated carbocycles. The first-order valence-electron chi connectivity index (χ1n) is 7.09. The first kappa shape index (κ1) is 17.7. The summed E-state index contributed by atoms with van der Waals surface area (Å²) in [4.78, 5) is 22.7. The van der Waals surface area contributed by atoms with Crippen LogP contribution in [0.15, 0.2) is 58.2 Å². The maximum absolute atomic E-state index is 12.1. The Morgan fingerprint density at radius 1 is 0.958 bits per heavy atom. The number of amides is 1. The number of hydrogen-bond acceptors (Lipinski definition) is 4. The van der Waals surface area contributed by atoms with Crippen molar-refractivity contribution in [3.63, 3.8) is 0 Å². The first-order chi connectivity index (χ1) is 11.5. The predicted octanol–water partition coefficient (Wildman–Crippen LogP) is 3.74. The summed E-state index contributed by atoms with van der Waals surface area (Å²) in [6, 6.07) is 13.6. The minimum atomic E-state index is -0.963. The van der Waals surface area contributed by atoms with Crippen molar-refractivity contribution in [2.75, 3.05) is 5.32 Å². The van der Waals surface area contributed by atoms with Gasteiger partial charge in [0.25, 0.3) is 5.91 Å². The average molecular weight is 391 g/mol. The molecular weight excluding hydrogens is 376 g/mol. The number of carbonyl (C=O) groups is 2. The van der Waals surface area contributed by atoms with E-state index in [9.17, 15) is 9.59 Å². The van der Waals surface area contributed by atoms with Gasteiger partial charge in [-0.3, -0.25) is 9.59 Å². The molecule has 24 heavy (non-hydrogen) atoms. The molecule has 0 saturated heterocycles. The standard InChI is InChI=1S/C17H15BrN2O4/c18-13-5-1-12(2-6-13)17(23)19-14-7-3-11(4-8-14)15(20-24)9-10-16(21)22/h1-8,24H,9-10H2,(H,19,23)(H,21,22). The van der Waals surface area contributed by atoms with Crippen LogP contribution in [0.2, 0.25) is 0 Å². The van der Waals surface area contributed by atoms with E-state index >= 15 is 0 Å². The van der Waals surface area contributed by atoms with Gasteiger partial charge in [0.15, 0.2) is 0 Å². The van der Waals surface area contributed by atoms with Crippen molar-refractivity contribution in [2.24, 2.45) is 5.16 Å². The summed E-state index contributed by atoms with van der Waals surface area (Å²) in [5.74, 6) is -1.20. The number of benzene rings is 2. The third-order valence-corrected chi connectivity index (χ3v) is 3.81. The first-order valence-corrected chi connectivity index (χ1v) is 7.89. The van der Waals surface area contributed by atoms with Crippen LogP contribution in [0.1, 0.15) is 28.8 Å². The monoisotopic (exact) mass is 390 g/mol. The number of anilines is 1. The van der Waals surface area contributed by atoms with Crippen LogP contribution in [0.3, 0.4) is 0 Å². The zero-order valence-electron chi connectivity index (χ0n) is 12.6. The SMILES string of the molecule is O=C(O)CCC(=NO)c1ccc(NC(=O)c2ccc(Br)cc2)cc1. The highest BCUT2D eigenvalue weighted by Crippen LogP contribution is 2.15. The van der Waals surface area contributed by atoms with Crippen LogP contribution in [-0.4, -0.2) is 27.9 Å². The maximum atomic E-state index is 12.1. The summed E-state index contributed by atoms with van der Waals surface area (Å²) in [5.41, 5.74) is 1.99. The summed E-state index contributed by atoms with van der Waals surface area (Å²) in [6.45, 7) is 0. The lowest BCUT2D eigenvalue weighted by Gasteiger charge is -2.07. The molecule has 0 fully saturated rings. The number of aliphatic carboxylic acids is 1. The molecule has 0 bridgehead atoms. The van der Waals surface area contributed by atoms with E-state index in [1.807, 2.05) is 0 Å². The van der Waals surface area contributed by atoms with E-state index in [0.29, 0.717) is 16.8 Å². The van der Waals surface area contributed by atoms with E-state index in [4.69, 9.17) is 10.3 Å². The van der Waals surface area contributed by atoms with E-state index in [-0.39, 0.29) is 24.5 Å². The normalized spacial score (nSPS) is 11.1. The summed E-state index contributed by atoms with van der Waals surface area (Å²) < 4.78 is 0.889. The number of nitrogens with one attached hydrogen (secondary N) is 1. The van der Waals surface area contributed by atoms with Crippen molar-refractivity contribution in [3.8, 4) is 0 Å². The molecule has 6 nitrogen and oxygen atoms in total. The van der Waals surface area contributed by atoms with Crippen LogP contribution in [0.4, 0.5) is 5.69 Å². The highest BCUT2D eigenvalue weighted by Gasteiger charge is 2.09. The lowest BCUT2D eigenvalue weighted by Crippen LogP contribution is -2.12. The topological polar surface area (TPSA) is 99.0 Å². The Bertz CT molecular complexity index is 755. The quantitative estimate of drug-likeness (QED) is 0.397. The Balaban J connectivity index is 2.04. The van der Waals surface area contributed by atoms with E-state index in [1.54, 1.807) is 48.5 Å². The molecule has 124 valence electrons. The molecule has 3 N–H and O–H groups in total. The predicted molar refractivity (Wildman–Crippen MR) is 93.7 cm³/mol. The lowest BCUT2D eigenvalue weighted by molar-refractivity contribution is -0.136. The van der Waals surface area contributed by atoms with Crippen LogP contribution in [0.5, 0.6) is 0 Å². The molecule has 2 aromatic rings. The number of oxime groups is 1. The smallest absolute Gasteiger partial charge is 0.303 e. The fraction of sp³-hybridized carbons (Fsp3) is 0.118. The fourth-order valence-corrected chi connectivity index (χ4v) is 2.29. The second-order valence-corrected chi connectivity index (χ2v) is 5.89. The van der Waals surface area contributed by atoms with Gasteiger partial charge in [0.2, 0.25) is 0 Å². The van der Waals surface area contributed by atoms with Crippen molar-refractivity contribution < 1.29 is 19.9 Å². The number of carboxylic acids is 1. The van der Waals surface area contributed by atoms with Crippen molar-refractivity contribution in [2.45, 2.75) is 12.8 Å². The number of nitrogens with zero attached hydrogens (tertiary/aromatic N) is 1. The molecule has 2 rings (SSSR count). The summed E-state index contributed by atoms with van der Waals surface area (Å²) in [5, 5.41) is 23.6. The summed E-state index contributed by atoms with van der Waals surface area (Å²) >= 11 is 3.31. The third kappa shape index (κ3) is 4.92. The van der Waals surface area contributed by atoms with Gasteiger partial charge in [0.1, 0.15) is 0 Å². The molecule has 0 unspecified atom stereocenters. The van der Waals surface area contributed by atoms with Crippen molar-refractivity contribution in [3.05, 3.63) is 64.1 Å². The number of halogens is 1. The summed E-state index contributed by atoms with van der Waals surface area (Å²) in [7, 11) is 0. The molecule has 0 spiro atoms. The number of carbonyl (C=O) groups excluding carboxylic acids is 1. The van der Waals surface area contributed by atoms with E-state index in [0.717, 1.165) is 4.47 Å². The highest BCUT2D eigenvalue weighted by molar-refractivity contribution is 9.10. The highest BCUT2D eigenvalue weighted by atomic mass is 79.9. The van der Waals surface area contributed by atoms with E-state index in [2.05, 4.69) is 26.4 Å². The zero-order valence-corrected chi connectivity index (χ0v) is 14.2. The molecule has 0 aromatic heterocycles. The van der Waals surface area contributed by atoms with Gasteiger partial charge in [-0.1, -0.05) is 33.2 Å². The van der Waals surface area contributed by atoms with Crippen LogP contribution in [0, 0.1) is 0 Å². The minimum absolute atomic E-state index is 0.121. The van der Waals surface area contributed by atoms with Gasteiger partial charge < -0.3 is 15.6 Å². The molecule has 1 amide bonds. The molecule has 0 atom stereocenters. The average Bonchev–Trinajstić information content (AvgIpc) is 2.57. The molecular formula is C17H15BrN2O4. The molecule has 0 radical (unpaired) electrons. The Labute approximate surface area is 146 Å². The Kier molecular flexibility index (Phi) is 6.08. The second-order valence-electron chi connectivity index (χ2n) is 4.98. The summed E-state index contributed by atoms with van der Waals surface area (Å²) in [6.07, 6.45) is -0.00210. The van der Waals surface area contributed by atoms with Gasteiger partial charge in [0.05, 0.1) is 12.1 Å². The van der Waals surface area contributed by atoms with Crippen LogP contribution < -0.4 is 5.32 Å². The van der Waals surface area contributed by atoms with Gasteiger partial charge in [-0.2, -0.15) is 0 Å². The van der Waals surface area contributed by atoms with Gasteiger partial charge >= 0.3 is 5.97 Å². The Hall–Kier alpha value is -2.67. The van der Waals surface area contributed by atoms with E-state index in [1.165, 1.54) is 0 Å². The Morgan fingerprint density at radius 2 is 1.54 bits per heavy atom. The van der Waals surface area contributed by atoms with Gasteiger partial charge in [0, 0.05) is 22.1 Å². The second kappa shape index (κ2) is 8.26. The van der Waals surface area contributed by atoms with E-state index < -0.39 is 5.97 Å². The minimum Gasteiger partial charge on any atom is -0.481 e. The third-order valence-electron chi connectivity index (χ3n) is 3.28. The lowest BCUT2D eigenvalue weighted by atomic mass is 10.1. The number of carboxylic acid groups (broad SMARTS) is 1. The molecule has 7 heteroatoms. The molecule has 0 aliphatic heterocycles. The van der Waals surface area contributed by atoms with Gasteiger partial charge in [-0.15, -0.1) is 0 Å². The Morgan fingerprint density at radius 3 is 2.08 bits per heavy atom. The zero-order chi connectivity index (χ0) is 17.5. The van der Waals surface area contributed by atoms with Crippen LogP contribution in [-0.2, 0) is 4.79 Å². The van der Waals surface area contributed by atoms with Crippen molar-refractivity contribution in [1.82, 2.24) is 0 Å². The fourth-order valence-electron chi connectivity index (χ4n) is 2.03. The van der Waals surface area contributed by atoms with Crippen LogP contribution >= 0.6 is 15.9 Å². The molecule has 0 heterocycles. The molecule has 0 aliphatic rings. The van der Waals surface area contributed by atoms with Gasteiger partial charge in [-0.25, -0.2) is 0 Å². The number of rotatable bonds is 6. The molecule has 2 aromatic carbocycles. The van der Waals surface area contributed by atoms with Crippen molar-refractivity contribution in [1.29, 1.82) is 0 Å². The number of hydrogen-bond donors (Lipinski definition) is 3. The maximum Gasteiger partial charge on any atom is 0.303 e. The van der Waals surface area contributed by atoms with Gasteiger partial charge in [-0.05, 0) is 42.0 Å². The van der Waals surface area contributed by atoms with Crippen molar-refractivity contribution >= 4 is 39.2 Å². The van der Waals surface area contributed by atoms with Crippen LogP contribution in [0.25, 0.3) is 0 Å².